The Bertz CT molecular complexity index is 776. The average molecular weight is 366 g/mol. The number of rotatable bonds is 6. The number of allylic oxidation sites excluding steroid dienone is 1. The number of hydrogen-bond acceptors (Lipinski definition) is 3. The van der Waals surface area contributed by atoms with Crippen molar-refractivity contribution >= 4 is 17.2 Å². The smallest absolute Gasteiger partial charge is 0.320 e. The molecular weight excluding hydrogens is 345 g/mol. The van der Waals surface area contributed by atoms with Gasteiger partial charge in [0.15, 0.2) is 0 Å². The van der Waals surface area contributed by atoms with Gasteiger partial charge in [0.25, 0.3) is 0 Å². The van der Waals surface area contributed by atoms with Crippen LogP contribution in [0.3, 0.4) is 0 Å². The van der Waals surface area contributed by atoms with Crippen molar-refractivity contribution in [2.45, 2.75) is 19.6 Å². The molecule has 0 aliphatic rings. The van der Waals surface area contributed by atoms with Crippen LogP contribution in [0, 0.1) is 0 Å². The predicted octanol–water partition coefficient (Wildman–Crippen LogP) is 3.51. The van der Waals surface area contributed by atoms with E-state index in [-0.39, 0.29) is 5.91 Å². The summed E-state index contributed by atoms with van der Waals surface area (Å²) in [5, 5.41) is 6.85. The maximum atomic E-state index is 12.6. The zero-order chi connectivity index (χ0) is 19.3. The van der Waals surface area contributed by atoms with Gasteiger partial charge < -0.3 is 10.2 Å². The van der Waals surface area contributed by atoms with E-state index in [9.17, 15) is 18.0 Å². The second-order valence-corrected chi connectivity index (χ2v) is 6.19. The van der Waals surface area contributed by atoms with Gasteiger partial charge >= 0.3 is 6.18 Å². The quantitative estimate of drug-likeness (QED) is 0.796. The maximum Gasteiger partial charge on any atom is 0.416 e. The highest BCUT2D eigenvalue weighted by Gasteiger charge is 2.29. The lowest BCUT2D eigenvalue weighted by atomic mass is 10.0. The fourth-order valence-corrected chi connectivity index (χ4v) is 2.23. The van der Waals surface area contributed by atoms with E-state index >= 15 is 0 Å². The molecule has 26 heavy (non-hydrogen) atoms. The molecule has 1 heterocycles. The molecule has 1 aromatic carbocycles. The Balaban J connectivity index is 1.99. The van der Waals surface area contributed by atoms with Crippen LogP contribution in [0.15, 0.2) is 42.7 Å². The molecule has 0 aliphatic heterocycles. The van der Waals surface area contributed by atoms with E-state index in [2.05, 4.69) is 10.4 Å². The normalized spacial score (nSPS) is 12.5. The third-order valence-corrected chi connectivity index (χ3v) is 3.69. The fraction of sp³-hybridized carbons (Fsp3) is 0.333. The number of carbonyl (C=O) groups excluding carboxylic acids is 1. The largest absolute Gasteiger partial charge is 0.416 e. The molecule has 0 saturated carbocycles. The second-order valence-electron chi connectivity index (χ2n) is 6.19. The van der Waals surface area contributed by atoms with Gasteiger partial charge in [-0.25, -0.2) is 0 Å². The summed E-state index contributed by atoms with van der Waals surface area (Å²) >= 11 is 0. The van der Waals surface area contributed by atoms with Crippen LogP contribution in [0.2, 0.25) is 0 Å². The molecule has 0 spiro atoms. The Morgan fingerprint density at radius 1 is 1.27 bits per heavy atom. The van der Waals surface area contributed by atoms with Crippen molar-refractivity contribution in [2.24, 2.45) is 0 Å². The molecule has 2 aromatic rings. The van der Waals surface area contributed by atoms with Gasteiger partial charge in [-0.15, -0.1) is 0 Å². The minimum atomic E-state index is -4.37. The zero-order valence-electron chi connectivity index (χ0n) is 14.8. The van der Waals surface area contributed by atoms with E-state index in [0.717, 1.165) is 18.7 Å². The van der Waals surface area contributed by atoms with Gasteiger partial charge in [0, 0.05) is 18.8 Å². The summed E-state index contributed by atoms with van der Waals surface area (Å²) in [6.45, 7) is 3.19. The number of hydrogen-bond donors (Lipinski definition) is 1. The molecule has 0 aliphatic carbocycles. The standard InChI is InChI=1S/C18H21F3N4O/c1-13(14-4-6-15(7-5-14)18(19,20)21)10-17(26)23-16-11-22-25(12-16)9-8-24(2)3/h4-7,10-12H,8-9H2,1-3H3,(H,23,26)/b13-10-. The number of aromatic nitrogens is 2. The number of nitrogens with one attached hydrogen (secondary N) is 1. The Labute approximate surface area is 150 Å². The van der Waals surface area contributed by atoms with Crippen LogP contribution in [0.5, 0.6) is 0 Å². The number of amides is 1. The van der Waals surface area contributed by atoms with E-state index in [1.165, 1.54) is 18.2 Å². The first-order valence-electron chi connectivity index (χ1n) is 7.99. The van der Waals surface area contributed by atoms with E-state index in [1.54, 1.807) is 24.0 Å². The van der Waals surface area contributed by atoms with Crippen LogP contribution in [0.25, 0.3) is 5.57 Å². The number of alkyl halides is 3. The average Bonchev–Trinajstić information content (AvgIpc) is 2.99. The van der Waals surface area contributed by atoms with E-state index in [1.807, 2.05) is 19.0 Å². The minimum absolute atomic E-state index is 0.366. The highest BCUT2D eigenvalue weighted by atomic mass is 19.4. The molecular formula is C18H21F3N4O. The lowest BCUT2D eigenvalue weighted by Gasteiger charge is -2.08. The molecule has 1 N–H and O–H groups in total. The Kier molecular flexibility index (Phi) is 6.20. The molecule has 1 amide bonds. The first-order valence-corrected chi connectivity index (χ1v) is 7.99. The van der Waals surface area contributed by atoms with Crippen molar-refractivity contribution in [3.63, 3.8) is 0 Å². The molecule has 0 fully saturated rings. The number of carbonyl (C=O) groups is 1. The summed E-state index contributed by atoms with van der Waals surface area (Å²) in [6.07, 6.45) is 0.248. The first kappa shape index (κ1) is 19.7. The van der Waals surface area contributed by atoms with Crippen molar-refractivity contribution < 1.29 is 18.0 Å². The number of benzene rings is 1. The van der Waals surface area contributed by atoms with Crippen LogP contribution in [-0.4, -0.2) is 41.2 Å². The molecule has 0 radical (unpaired) electrons. The molecule has 0 unspecified atom stereocenters. The van der Waals surface area contributed by atoms with Gasteiger partial charge in [0.05, 0.1) is 24.0 Å². The third kappa shape index (κ3) is 5.73. The summed E-state index contributed by atoms with van der Waals surface area (Å²) in [5.74, 6) is -0.366. The molecule has 140 valence electrons. The van der Waals surface area contributed by atoms with Crippen LogP contribution in [-0.2, 0) is 17.5 Å². The van der Waals surface area contributed by atoms with Gasteiger partial charge in [-0.3, -0.25) is 9.48 Å². The van der Waals surface area contributed by atoms with Gasteiger partial charge in [0.2, 0.25) is 5.91 Å². The van der Waals surface area contributed by atoms with Crippen molar-refractivity contribution in [3.05, 3.63) is 53.9 Å². The summed E-state index contributed by atoms with van der Waals surface area (Å²) in [6, 6.07) is 4.70. The molecule has 1 aromatic heterocycles. The molecule has 0 saturated heterocycles. The number of halogens is 3. The number of anilines is 1. The number of likely N-dealkylation sites (N-methyl/N-ethyl adjacent to an activating group) is 1. The van der Waals surface area contributed by atoms with Crippen LogP contribution >= 0.6 is 0 Å². The summed E-state index contributed by atoms with van der Waals surface area (Å²) in [7, 11) is 3.92. The molecule has 5 nitrogen and oxygen atoms in total. The van der Waals surface area contributed by atoms with Crippen molar-refractivity contribution in [3.8, 4) is 0 Å². The highest BCUT2D eigenvalue weighted by molar-refractivity contribution is 6.03. The SMILES string of the molecule is C/C(=C/C(=O)Nc1cnn(CCN(C)C)c1)c1ccc(C(F)(F)F)cc1. The van der Waals surface area contributed by atoms with E-state index in [4.69, 9.17) is 0 Å². The lowest BCUT2D eigenvalue weighted by Crippen LogP contribution is -2.18. The predicted molar refractivity (Wildman–Crippen MR) is 94.5 cm³/mol. The van der Waals surface area contributed by atoms with Crippen LogP contribution in [0.4, 0.5) is 18.9 Å². The topological polar surface area (TPSA) is 50.2 Å². The summed E-state index contributed by atoms with van der Waals surface area (Å²) < 4.78 is 39.5. The molecule has 0 atom stereocenters. The Hall–Kier alpha value is -2.61. The monoisotopic (exact) mass is 366 g/mol. The first-order chi connectivity index (χ1) is 12.1. The Morgan fingerprint density at radius 3 is 2.50 bits per heavy atom. The highest BCUT2D eigenvalue weighted by Crippen LogP contribution is 2.30. The van der Waals surface area contributed by atoms with Crippen molar-refractivity contribution in [1.82, 2.24) is 14.7 Å². The van der Waals surface area contributed by atoms with Crippen molar-refractivity contribution in [1.29, 1.82) is 0 Å². The van der Waals surface area contributed by atoms with Gasteiger partial charge in [-0.05, 0) is 44.3 Å². The van der Waals surface area contributed by atoms with E-state index < -0.39 is 11.7 Å². The molecule has 2 rings (SSSR count). The molecule has 0 bridgehead atoms. The fourth-order valence-electron chi connectivity index (χ4n) is 2.23. The van der Waals surface area contributed by atoms with E-state index in [0.29, 0.717) is 23.4 Å². The summed E-state index contributed by atoms with van der Waals surface area (Å²) in [5.41, 5.74) is 0.958. The summed E-state index contributed by atoms with van der Waals surface area (Å²) in [4.78, 5) is 14.1. The third-order valence-electron chi connectivity index (χ3n) is 3.69. The second kappa shape index (κ2) is 8.18. The van der Waals surface area contributed by atoms with Gasteiger partial charge in [-0.1, -0.05) is 12.1 Å². The van der Waals surface area contributed by atoms with Crippen molar-refractivity contribution in [2.75, 3.05) is 26.0 Å². The van der Waals surface area contributed by atoms with Gasteiger partial charge in [0.1, 0.15) is 0 Å². The van der Waals surface area contributed by atoms with Crippen LogP contribution in [0.1, 0.15) is 18.1 Å². The maximum absolute atomic E-state index is 12.6. The number of nitrogens with zero attached hydrogens (tertiary/aromatic N) is 3. The lowest BCUT2D eigenvalue weighted by molar-refractivity contribution is -0.137. The Morgan fingerprint density at radius 2 is 1.92 bits per heavy atom. The van der Waals surface area contributed by atoms with Gasteiger partial charge in [-0.2, -0.15) is 18.3 Å². The molecule has 8 heteroatoms. The zero-order valence-corrected chi connectivity index (χ0v) is 14.8. The minimum Gasteiger partial charge on any atom is -0.320 e. The van der Waals surface area contributed by atoms with Crippen LogP contribution < -0.4 is 5.32 Å².